The molecule has 3 aromatic rings. The highest BCUT2D eigenvalue weighted by atomic mass is 16.5. The standard InChI is InChI=1S/C24H26N4O5/c1-24(2,3)21-18-10-7-16(13-19(18)28(25-21)23(31)32)26-12-11-20(29)27(22(26)30)14-15-5-8-17(33-4)9-6-15/h5-10,13H,11-12,14H2,1-4H3,(H,31,32). The van der Waals surface area contributed by atoms with E-state index in [1.807, 2.05) is 32.9 Å². The molecular weight excluding hydrogens is 424 g/mol. The first-order valence-corrected chi connectivity index (χ1v) is 10.6. The highest BCUT2D eigenvalue weighted by molar-refractivity contribution is 6.06. The minimum absolute atomic E-state index is 0.141. The number of carbonyl (C=O) groups is 3. The third kappa shape index (κ3) is 4.13. The first kappa shape index (κ1) is 22.3. The number of ether oxygens (including phenoxy) is 1. The van der Waals surface area contributed by atoms with Crippen molar-refractivity contribution in [2.24, 2.45) is 0 Å². The van der Waals surface area contributed by atoms with Crippen LogP contribution in [0.3, 0.4) is 0 Å². The van der Waals surface area contributed by atoms with Crippen LogP contribution in [-0.4, -0.2) is 51.5 Å². The Morgan fingerprint density at radius 2 is 1.82 bits per heavy atom. The van der Waals surface area contributed by atoms with E-state index in [4.69, 9.17) is 4.74 Å². The van der Waals surface area contributed by atoms with Crippen LogP contribution in [0.5, 0.6) is 5.75 Å². The van der Waals surface area contributed by atoms with Gasteiger partial charge in [-0.1, -0.05) is 32.9 Å². The largest absolute Gasteiger partial charge is 0.497 e. The molecular formula is C24H26N4O5. The lowest BCUT2D eigenvalue weighted by atomic mass is 9.90. The maximum atomic E-state index is 13.3. The first-order chi connectivity index (χ1) is 15.6. The van der Waals surface area contributed by atoms with Gasteiger partial charge in [0.15, 0.2) is 0 Å². The number of urea groups is 1. The number of amides is 3. The van der Waals surface area contributed by atoms with Gasteiger partial charge in [0.25, 0.3) is 0 Å². The van der Waals surface area contributed by atoms with Crippen LogP contribution in [0.25, 0.3) is 10.9 Å². The van der Waals surface area contributed by atoms with E-state index in [2.05, 4.69) is 5.10 Å². The Hall–Kier alpha value is -3.88. The Bertz CT molecular complexity index is 1240. The number of hydrogen-bond acceptors (Lipinski definition) is 5. The average molecular weight is 450 g/mol. The van der Waals surface area contributed by atoms with Gasteiger partial charge >= 0.3 is 12.1 Å². The molecule has 33 heavy (non-hydrogen) atoms. The molecule has 0 spiro atoms. The van der Waals surface area contributed by atoms with Gasteiger partial charge in [0, 0.05) is 29.5 Å². The molecule has 3 amide bonds. The predicted octanol–water partition coefficient (Wildman–Crippen LogP) is 4.23. The van der Waals surface area contributed by atoms with Gasteiger partial charge in [-0.05, 0) is 35.9 Å². The third-order valence-electron chi connectivity index (χ3n) is 5.68. The number of carboxylic acid groups (broad SMARTS) is 1. The highest BCUT2D eigenvalue weighted by Gasteiger charge is 2.33. The van der Waals surface area contributed by atoms with Gasteiger partial charge in [-0.3, -0.25) is 14.6 Å². The molecule has 1 N–H and O–H groups in total. The minimum atomic E-state index is -1.20. The molecule has 0 saturated carbocycles. The molecule has 1 fully saturated rings. The summed E-state index contributed by atoms with van der Waals surface area (Å²) in [7, 11) is 1.57. The summed E-state index contributed by atoms with van der Waals surface area (Å²) in [5, 5.41) is 14.7. The fourth-order valence-corrected chi connectivity index (χ4v) is 3.97. The van der Waals surface area contributed by atoms with Crippen molar-refractivity contribution in [2.45, 2.75) is 39.2 Å². The fourth-order valence-electron chi connectivity index (χ4n) is 3.97. The van der Waals surface area contributed by atoms with Crippen molar-refractivity contribution in [1.29, 1.82) is 0 Å². The quantitative estimate of drug-likeness (QED) is 0.638. The number of nitrogens with zero attached hydrogens (tertiary/aromatic N) is 4. The molecule has 0 atom stereocenters. The summed E-state index contributed by atoms with van der Waals surface area (Å²) in [6.45, 7) is 6.25. The molecule has 1 saturated heterocycles. The van der Waals surface area contributed by atoms with Crippen molar-refractivity contribution in [3.63, 3.8) is 0 Å². The van der Waals surface area contributed by atoms with Crippen LogP contribution in [0.4, 0.5) is 15.3 Å². The lowest BCUT2D eigenvalue weighted by Crippen LogP contribution is -2.52. The second-order valence-electron chi connectivity index (χ2n) is 9.01. The summed E-state index contributed by atoms with van der Waals surface area (Å²) < 4.78 is 6.09. The van der Waals surface area contributed by atoms with Crippen molar-refractivity contribution in [3.05, 3.63) is 53.7 Å². The smallest absolute Gasteiger partial charge is 0.432 e. The molecule has 0 radical (unpaired) electrons. The first-order valence-electron chi connectivity index (χ1n) is 10.6. The van der Waals surface area contributed by atoms with E-state index in [1.165, 1.54) is 9.80 Å². The van der Waals surface area contributed by atoms with Crippen molar-refractivity contribution in [3.8, 4) is 5.75 Å². The normalized spacial score (nSPS) is 14.8. The van der Waals surface area contributed by atoms with Gasteiger partial charge in [0.05, 0.1) is 24.9 Å². The van der Waals surface area contributed by atoms with Crippen LogP contribution in [0.2, 0.25) is 0 Å². The van der Waals surface area contributed by atoms with E-state index in [9.17, 15) is 19.5 Å². The van der Waals surface area contributed by atoms with E-state index in [1.54, 1.807) is 37.4 Å². The lowest BCUT2D eigenvalue weighted by molar-refractivity contribution is -0.129. The Balaban J connectivity index is 1.68. The number of carbonyl (C=O) groups excluding carboxylic acids is 2. The van der Waals surface area contributed by atoms with Crippen LogP contribution in [0, 0.1) is 0 Å². The maximum absolute atomic E-state index is 13.3. The molecule has 172 valence electrons. The van der Waals surface area contributed by atoms with Gasteiger partial charge in [0.2, 0.25) is 5.91 Å². The monoisotopic (exact) mass is 450 g/mol. The molecule has 1 aromatic heterocycles. The molecule has 0 bridgehead atoms. The summed E-state index contributed by atoms with van der Waals surface area (Å²) in [6.07, 6.45) is -1.03. The summed E-state index contributed by atoms with van der Waals surface area (Å²) in [4.78, 5) is 40.3. The van der Waals surface area contributed by atoms with Gasteiger partial charge in [-0.15, -0.1) is 0 Å². The summed E-state index contributed by atoms with van der Waals surface area (Å²) >= 11 is 0. The molecule has 0 unspecified atom stereocenters. The SMILES string of the molecule is COc1ccc(CN2C(=O)CCN(c3ccc4c(C(C)(C)C)nn(C(=O)O)c4c3)C2=O)cc1. The van der Waals surface area contributed by atoms with Crippen LogP contribution in [0.1, 0.15) is 38.4 Å². The maximum Gasteiger partial charge on any atom is 0.432 e. The number of hydrogen-bond donors (Lipinski definition) is 1. The van der Waals surface area contributed by atoms with Crippen molar-refractivity contribution in [2.75, 3.05) is 18.6 Å². The van der Waals surface area contributed by atoms with Crippen molar-refractivity contribution < 1.29 is 24.2 Å². The Labute approximate surface area is 191 Å². The lowest BCUT2D eigenvalue weighted by Gasteiger charge is -2.34. The number of methoxy groups -OCH3 is 1. The summed E-state index contributed by atoms with van der Waals surface area (Å²) in [5.41, 5.74) is 2.02. The van der Waals surface area contributed by atoms with Gasteiger partial charge in [0.1, 0.15) is 5.75 Å². The van der Waals surface area contributed by atoms with Crippen molar-refractivity contribution >= 4 is 34.6 Å². The topological polar surface area (TPSA) is 105 Å². The molecule has 0 aliphatic carbocycles. The zero-order valence-corrected chi connectivity index (χ0v) is 19.0. The van der Waals surface area contributed by atoms with Gasteiger partial charge in [-0.2, -0.15) is 9.78 Å². The number of aromatic nitrogens is 2. The molecule has 1 aliphatic heterocycles. The number of fused-ring (bicyclic) bond motifs is 1. The number of benzene rings is 2. The van der Waals surface area contributed by atoms with E-state index < -0.39 is 12.1 Å². The highest BCUT2D eigenvalue weighted by Crippen LogP contribution is 2.33. The van der Waals surface area contributed by atoms with E-state index in [0.29, 0.717) is 28.0 Å². The second kappa shape index (κ2) is 8.23. The third-order valence-corrected chi connectivity index (χ3v) is 5.68. The molecule has 9 nitrogen and oxygen atoms in total. The van der Waals surface area contributed by atoms with Gasteiger partial charge < -0.3 is 9.84 Å². The molecule has 9 heteroatoms. The summed E-state index contributed by atoms with van der Waals surface area (Å²) in [6, 6.07) is 11.9. The van der Waals surface area contributed by atoms with Crippen LogP contribution in [0.15, 0.2) is 42.5 Å². The number of rotatable bonds is 4. The van der Waals surface area contributed by atoms with Crippen molar-refractivity contribution in [1.82, 2.24) is 14.7 Å². The van der Waals surface area contributed by atoms with E-state index in [0.717, 1.165) is 10.2 Å². The molecule has 4 rings (SSSR count). The minimum Gasteiger partial charge on any atom is -0.497 e. The molecule has 2 heterocycles. The molecule has 1 aliphatic rings. The number of anilines is 1. The zero-order chi connectivity index (χ0) is 23.9. The van der Waals surface area contributed by atoms with Crippen LogP contribution in [-0.2, 0) is 16.8 Å². The summed E-state index contributed by atoms with van der Waals surface area (Å²) in [5.74, 6) is 0.438. The van der Waals surface area contributed by atoms with E-state index >= 15 is 0 Å². The number of imide groups is 1. The Kier molecular flexibility index (Phi) is 5.57. The van der Waals surface area contributed by atoms with Gasteiger partial charge in [-0.25, -0.2) is 9.59 Å². The Morgan fingerprint density at radius 3 is 2.42 bits per heavy atom. The zero-order valence-electron chi connectivity index (χ0n) is 19.0. The second-order valence-corrected chi connectivity index (χ2v) is 9.01. The fraction of sp³-hybridized carbons (Fsp3) is 0.333. The average Bonchev–Trinajstić information content (AvgIpc) is 3.17. The Morgan fingerprint density at radius 1 is 1.12 bits per heavy atom. The molecule has 2 aromatic carbocycles. The predicted molar refractivity (Wildman–Crippen MR) is 123 cm³/mol. The van der Waals surface area contributed by atoms with Crippen LogP contribution >= 0.6 is 0 Å². The van der Waals surface area contributed by atoms with Crippen LogP contribution < -0.4 is 9.64 Å². The van der Waals surface area contributed by atoms with E-state index in [-0.39, 0.29) is 30.8 Å².